The molecule has 218 valence electrons. The Morgan fingerprint density at radius 2 is 1.95 bits per heavy atom. The number of aromatic nitrogens is 2. The minimum Gasteiger partial charge on any atom is -0.366 e. The molecule has 0 radical (unpaired) electrons. The van der Waals surface area contributed by atoms with Crippen molar-refractivity contribution < 1.29 is 26.4 Å². The fourth-order valence-corrected chi connectivity index (χ4v) is 3.68. The Hall–Kier alpha value is -3.94. The predicted octanol–water partition coefficient (Wildman–Crippen LogP) is 4.38. The molecule has 2 rings (SSSR count). The van der Waals surface area contributed by atoms with Crippen molar-refractivity contribution in [2.45, 2.75) is 44.3 Å². The minimum absolute atomic E-state index is 0.0148. The number of amides is 1. The second kappa shape index (κ2) is 15.0. The van der Waals surface area contributed by atoms with Crippen LogP contribution < -0.4 is 16.0 Å². The molecular weight excluding hydrogens is 547 g/mol. The standard InChI is InChI=1S/C26H34F3N7O3S/c1-5-20(16-19(2)24(37)33-21-12-8-6-9-13-21)34-25-32-17-22(26(27,28)29)23(35-25)31-15-11-7-10-14-30-18-36(3)40(4,38)39/h5,7,10-11,14,16-18,21H,1-2,6,8-9,12-13,15H2,3-4H3,(H,33,37)(H2,31,32,34,35)/b11-7+,14-10-,20-16+,30-18?. The van der Waals surface area contributed by atoms with Gasteiger partial charge in [0.1, 0.15) is 17.7 Å². The zero-order valence-electron chi connectivity index (χ0n) is 22.4. The summed E-state index contributed by atoms with van der Waals surface area (Å²) in [5.74, 6) is -0.934. The average Bonchev–Trinajstić information content (AvgIpc) is 2.89. The predicted molar refractivity (Wildman–Crippen MR) is 151 cm³/mol. The lowest BCUT2D eigenvalue weighted by Gasteiger charge is -2.22. The van der Waals surface area contributed by atoms with Gasteiger partial charge in [-0.15, -0.1) is 0 Å². The van der Waals surface area contributed by atoms with Crippen LogP contribution in [0, 0.1) is 0 Å². The van der Waals surface area contributed by atoms with E-state index < -0.39 is 27.6 Å². The van der Waals surface area contributed by atoms with E-state index in [4.69, 9.17) is 0 Å². The maximum absolute atomic E-state index is 13.5. The summed E-state index contributed by atoms with van der Waals surface area (Å²) in [6.07, 6.45) is 11.8. The third-order valence-corrected chi connectivity index (χ3v) is 6.83. The van der Waals surface area contributed by atoms with Crippen LogP contribution in [0.15, 0.2) is 72.2 Å². The van der Waals surface area contributed by atoms with E-state index in [1.54, 1.807) is 0 Å². The van der Waals surface area contributed by atoms with Gasteiger partial charge in [-0.25, -0.2) is 18.4 Å². The number of halogens is 3. The number of nitrogens with zero attached hydrogens (tertiary/aromatic N) is 4. The first-order valence-electron chi connectivity index (χ1n) is 12.4. The molecule has 1 aliphatic rings. The highest BCUT2D eigenvalue weighted by atomic mass is 32.2. The monoisotopic (exact) mass is 581 g/mol. The molecule has 0 unspecified atom stereocenters. The largest absolute Gasteiger partial charge is 0.421 e. The minimum atomic E-state index is -4.70. The summed E-state index contributed by atoms with van der Waals surface area (Å²) in [5.41, 5.74) is -0.624. The first kappa shape index (κ1) is 32.3. The number of sulfonamides is 1. The Morgan fingerprint density at radius 1 is 1.25 bits per heavy atom. The zero-order chi connectivity index (χ0) is 29.8. The number of carbonyl (C=O) groups excluding carboxylic acids is 1. The van der Waals surface area contributed by atoms with Gasteiger partial charge in [-0.2, -0.15) is 18.2 Å². The van der Waals surface area contributed by atoms with Gasteiger partial charge >= 0.3 is 6.18 Å². The molecule has 1 saturated carbocycles. The summed E-state index contributed by atoms with van der Waals surface area (Å²) in [5, 5.41) is 8.31. The third-order valence-electron chi connectivity index (χ3n) is 5.69. The van der Waals surface area contributed by atoms with E-state index in [-0.39, 0.29) is 35.7 Å². The number of anilines is 2. The van der Waals surface area contributed by atoms with E-state index >= 15 is 0 Å². The molecule has 0 aliphatic heterocycles. The van der Waals surface area contributed by atoms with Gasteiger partial charge in [-0.3, -0.25) is 9.10 Å². The SMILES string of the molecule is C=C/C(=C\C(=C)C(=O)NC1CCCCC1)Nc1ncc(C(F)(F)F)c(NC/C=C/C=C\N=CN(C)S(C)(=O)=O)n1. The van der Waals surface area contributed by atoms with Crippen molar-refractivity contribution in [1.29, 1.82) is 0 Å². The number of aliphatic imine (C=N–C) groups is 1. The highest BCUT2D eigenvalue weighted by molar-refractivity contribution is 7.88. The van der Waals surface area contributed by atoms with Crippen LogP contribution in [-0.2, 0) is 21.0 Å². The average molecular weight is 582 g/mol. The Morgan fingerprint density at radius 3 is 2.58 bits per heavy atom. The maximum Gasteiger partial charge on any atom is 0.421 e. The molecule has 1 amide bonds. The number of nitrogens with one attached hydrogen (secondary N) is 3. The summed E-state index contributed by atoms with van der Waals surface area (Å²) in [4.78, 5) is 24.0. The van der Waals surface area contributed by atoms with Crippen molar-refractivity contribution in [3.05, 3.63) is 72.8 Å². The molecule has 0 spiro atoms. The van der Waals surface area contributed by atoms with E-state index in [0.29, 0.717) is 6.20 Å². The number of rotatable bonds is 13. The Balaban J connectivity index is 2.06. The number of hydrogen-bond donors (Lipinski definition) is 3. The smallest absolute Gasteiger partial charge is 0.366 e. The second-order valence-corrected chi connectivity index (χ2v) is 11.0. The number of allylic oxidation sites excluding steroid dienone is 3. The summed E-state index contributed by atoms with van der Waals surface area (Å²) in [7, 11) is -2.07. The first-order chi connectivity index (χ1) is 18.8. The molecule has 0 bridgehead atoms. The van der Waals surface area contributed by atoms with Crippen LogP contribution in [0.5, 0.6) is 0 Å². The van der Waals surface area contributed by atoms with Gasteiger partial charge in [0, 0.05) is 43.3 Å². The van der Waals surface area contributed by atoms with E-state index in [1.807, 2.05) is 0 Å². The highest BCUT2D eigenvalue weighted by Crippen LogP contribution is 2.33. The van der Waals surface area contributed by atoms with Crippen molar-refractivity contribution in [1.82, 2.24) is 19.6 Å². The van der Waals surface area contributed by atoms with Crippen molar-refractivity contribution in [2.75, 3.05) is 30.5 Å². The van der Waals surface area contributed by atoms with Crippen LogP contribution in [0.4, 0.5) is 24.9 Å². The van der Waals surface area contributed by atoms with Crippen molar-refractivity contribution in [3.8, 4) is 0 Å². The lowest BCUT2D eigenvalue weighted by atomic mass is 9.95. The molecule has 3 N–H and O–H groups in total. The number of carbonyl (C=O) groups is 1. The van der Waals surface area contributed by atoms with Gasteiger partial charge in [0.05, 0.1) is 6.26 Å². The summed E-state index contributed by atoms with van der Waals surface area (Å²) in [6.45, 7) is 7.43. The summed E-state index contributed by atoms with van der Waals surface area (Å²) < 4.78 is 64.0. The Kier molecular flexibility index (Phi) is 12.1. The normalized spacial score (nSPS) is 15.5. The van der Waals surface area contributed by atoms with Gasteiger partial charge in [0.2, 0.25) is 16.0 Å². The molecule has 1 aromatic heterocycles. The lowest BCUT2D eigenvalue weighted by molar-refractivity contribution is -0.137. The molecular formula is C26H34F3N7O3S. The van der Waals surface area contributed by atoms with E-state index in [9.17, 15) is 26.4 Å². The van der Waals surface area contributed by atoms with Gasteiger partial charge < -0.3 is 16.0 Å². The fraction of sp³-hybridized carbons (Fsp3) is 0.385. The van der Waals surface area contributed by atoms with Gasteiger partial charge in [-0.1, -0.05) is 44.6 Å². The Labute approximate surface area is 232 Å². The summed E-state index contributed by atoms with van der Waals surface area (Å²) >= 11 is 0. The van der Waals surface area contributed by atoms with E-state index in [1.165, 1.54) is 43.6 Å². The topological polar surface area (TPSA) is 129 Å². The fourth-order valence-electron chi connectivity index (χ4n) is 3.46. The van der Waals surface area contributed by atoms with Crippen LogP contribution in [0.3, 0.4) is 0 Å². The van der Waals surface area contributed by atoms with Crippen LogP contribution >= 0.6 is 0 Å². The van der Waals surface area contributed by atoms with Gasteiger partial charge in [0.15, 0.2) is 0 Å². The third kappa shape index (κ3) is 11.0. The number of alkyl halides is 3. The summed E-state index contributed by atoms with van der Waals surface area (Å²) in [6, 6.07) is 0.0947. The quantitative estimate of drug-likeness (QED) is 0.136. The molecule has 0 atom stereocenters. The van der Waals surface area contributed by atoms with Crippen molar-refractivity contribution in [2.24, 2.45) is 4.99 Å². The number of hydrogen-bond acceptors (Lipinski definition) is 8. The van der Waals surface area contributed by atoms with Crippen LogP contribution in [0.25, 0.3) is 0 Å². The van der Waals surface area contributed by atoms with E-state index in [0.717, 1.165) is 49.0 Å². The second-order valence-electron chi connectivity index (χ2n) is 8.91. The molecule has 0 aromatic carbocycles. The molecule has 10 nitrogen and oxygen atoms in total. The first-order valence-corrected chi connectivity index (χ1v) is 14.2. The van der Waals surface area contributed by atoms with Crippen molar-refractivity contribution >= 4 is 34.0 Å². The lowest BCUT2D eigenvalue weighted by Crippen LogP contribution is -2.36. The van der Waals surface area contributed by atoms with Crippen LogP contribution in [0.2, 0.25) is 0 Å². The molecule has 1 fully saturated rings. The molecule has 40 heavy (non-hydrogen) atoms. The van der Waals surface area contributed by atoms with Crippen LogP contribution in [0.1, 0.15) is 37.7 Å². The molecule has 14 heteroatoms. The highest BCUT2D eigenvalue weighted by Gasteiger charge is 2.35. The molecule has 1 aliphatic carbocycles. The van der Waals surface area contributed by atoms with E-state index in [2.05, 4.69) is 44.1 Å². The van der Waals surface area contributed by atoms with Gasteiger partial charge in [-0.05, 0) is 31.1 Å². The Bertz CT molecular complexity index is 1280. The zero-order valence-corrected chi connectivity index (χ0v) is 23.2. The van der Waals surface area contributed by atoms with Crippen molar-refractivity contribution in [3.63, 3.8) is 0 Å². The molecule has 1 heterocycles. The van der Waals surface area contributed by atoms with Crippen LogP contribution in [-0.4, -0.2) is 60.8 Å². The molecule has 0 saturated heterocycles. The van der Waals surface area contributed by atoms with Gasteiger partial charge in [0.25, 0.3) is 5.91 Å². The molecule has 1 aromatic rings. The maximum atomic E-state index is 13.5.